The number of anilines is 1. The number of amides is 2. The first-order valence-electron chi connectivity index (χ1n) is 6.14. The first-order chi connectivity index (χ1) is 10.1. The Morgan fingerprint density at radius 2 is 2.00 bits per heavy atom. The van der Waals surface area contributed by atoms with E-state index < -0.39 is 6.09 Å². The Hall–Kier alpha value is -2.47. The molecule has 110 valence electrons. The fourth-order valence-corrected chi connectivity index (χ4v) is 1.88. The van der Waals surface area contributed by atoms with E-state index in [9.17, 15) is 9.59 Å². The molecule has 1 aromatic heterocycles. The minimum absolute atomic E-state index is 0.116. The maximum atomic E-state index is 11.0. The highest BCUT2D eigenvalue weighted by atomic mass is 35.5. The second kappa shape index (κ2) is 6.81. The van der Waals surface area contributed by atoms with Gasteiger partial charge in [-0.1, -0.05) is 11.6 Å². The Morgan fingerprint density at radius 1 is 1.29 bits per heavy atom. The molecular weight excluding hydrogens is 296 g/mol. The predicted molar refractivity (Wildman–Crippen MR) is 78.6 cm³/mol. The van der Waals surface area contributed by atoms with Gasteiger partial charge in [0, 0.05) is 29.7 Å². The number of furan rings is 1. The summed E-state index contributed by atoms with van der Waals surface area (Å²) in [4.78, 5) is 22.7. The van der Waals surface area contributed by atoms with Crippen molar-refractivity contribution < 1.29 is 19.1 Å². The normalized spacial score (nSPS) is 10.1. The van der Waals surface area contributed by atoms with Crippen LogP contribution in [0.1, 0.15) is 0 Å². The summed E-state index contributed by atoms with van der Waals surface area (Å²) in [6.45, 7) is 0.300. The molecule has 0 aliphatic carbocycles. The third kappa shape index (κ3) is 4.00. The van der Waals surface area contributed by atoms with E-state index >= 15 is 0 Å². The average Bonchev–Trinajstić information content (AvgIpc) is 2.93. The van der Waals surface area contributed by atoms with Gasteiger partial charge in [0.05, 0.1) is 0 Å². The molecule has 0 aliphatic rings. The zero-order valence-electron chi connectivity index (χ0n) is 11.0. The third-order valence-corrected chi connectivity index (χ3v) is 3.01. The molecule has 6 nitrogen and oxygen atoms in total. The molecule has 0 atom stereocenters. The first-order valence-corrected chi connectivity index (χ1v) is 6.52. The molecular formula is C14H13ClN2O4. The first kappa shape index (κ1) is 14.9. The van der Waals surface area contributed by atoms with Crippen LogP contribution >= 0.6 is 11.6 Å². The molecule has 0 saturated carbocycles. The van der Waals surface area contributed by atoms with E-state index in [1.807, 2.05) is 12.1 Å². The molecule has 2 rings (SSSR count). The highest BCUT2D eigenvalue weighted by Gasteiger charge is 2.11. The Balaban J connectivity index is 2.08. The molecule has 0 radical (unpaired) electrons. The lowest BCUT2D eigenvalue weighted by atomic mass is 10.2. The Kier molecular flexibility index (Phi) is 4.84. The van der Waals surface area contributed by atoms with Crippen molar-refractivity contribution in [2.75, 3.05) is 18.0 Å². The fourth-order valence-electron chi connectivity index (χ4n) is 1.75. The summed E-state index contributed by atoms with van der Waals surface area (Å²) in [5.74, 6) is 0.946. The van der Waals surface area contributed by atoms with Crippen LogP contribution in [0.2, 0.25) is 5.02 Å². The summed E-state index contributed by atoms with van der Waals surface area (Å²) in [6.07, 6.45) is -0.546. The molecule has 0 bridgehead atoms. The highest BCUT2D eigenvalue weighted by Crippen LogP contribution is 2.27. The van der Waals surface area contributed by atoms with Gasteiger partial charge < -0.3 is 14.8 Å². The molecule has 0 spiro atoms. The molecule has 2 aromatic rings. The number of carbonyl (C=O) groups excluding carboxylic acids is 1. The summed E-state index contributed by atoms with van der Waals surface area (Å²) in [6, 6.07) is 10.5. The molecule has 2 N–H and O–H groups in total. The zero-order valence-corrected chi connectivity index (χ0v) is 11.7. The van der Waals surface area contributed by atoms with Gasteiger partial charge in [-0.05, 0) is 30.3 Å². The molecule has 0 aliphatic heterocycles. The number of carboxylic acid groups (broad SMARTS) is 1. The summed E-state index contributed by atoms with van der Waals surface area (Å²) in [5.41, 5.74) is 0.833. The van der Waals surface area contributed by atoms with Gasteiger partial charge in [0.15, 0.2) is 0 Å². The summed E-state index contributed by atoms with van der Waals surface area (Å²) in [5, 5.41) is 11.3. The maximum Gasteiger partial charge on any atom is 0.404 e. The van der Waals surface area contributed by atoms with E-state index in [2.05, 4.69) is 5.32 Å². The number of halogens is 1. The van der Waals surface area contributed by atoms with Crippen molar-refractivity contribution in [1.29, 1.82) is 0 Å². The van der Waals surface area contributed by atoms with Gasteiger partial charge >= 0.3 is 6.09 Å². The fraction of sp³-hybridized carbons (Fsp3) is 0.143. The van der Waals surface area contributed by atoms with Crippen molar-refractivity contribution in [1.82, 2.24) is 5.32 Å². The predicted octanol–water partition coefficient (Wildman–Crippen LogP) is 2.83. The van der Waals surface area contributed by atoms with Crippen LogP contribution < -0.4 is 10.2 Å². The molecule has 0 unspecified atom stereocenters. The molecule has 0 fully saturated rings. The van der Waals surface area contributed by atoms with Crippen LogP contribution in [0.3, 0.4) is 0 Å². The van der Waals surface area contributed by atoms with Crippen LogP contribution in [-0.2, 0) is 4.79 Å². The third-order valence-electron chi connectivity index (χ3n) is 2.76. The van der Waals surface area contributed by atoms with Gasteiger partial charge in [0.25, 0.3) is 0 Å². The lowest BCUT2D eigenvalue weighted by molar-refractivity contribution is -0.107. The van der Waals surface area contributed by atoms with Gasteiger partial charge in [-0.3, -0.25) is 9.69 Å². The van der Waals surface area contributed by atoms with E-state index in [1.165, 1.54) is 4.90 Å². The number of carbonyl (C=O) groups is 2. The van der Waals surface area contributed by atoms with Crippen LogP contribution in [-0.4, -0.2) is 30.7 Å². The summed E-state index contributed by atoms with van der Waals surface area (Å²) in [7, 11) is 0. The number of hydrogen-bond acceptors (Lipinski definition) is 3. The van der Waals surface area contributed by atoms with Gasteiger partial charge in [-0.15, -0.1) is 0 Å². The van der Waals surface area contributed by atoms with Crippen LogP contribution in [0, 0.1) is 0 Å². The standard InChI is InChI=1S/C14H13ClN2O4/c15-11-3-1-10(2-4-11)12-5-6-13(21-12)17(9-18)8-7-16-14(19)20/h1-6,9,16H,7-8H2,(H,19,20). The number of hydrogen-bond donors (Lipinski definition) is 2. The number of nitrogens with zero attached hydrogens (tertiary/aromatic N) is 1. The van der Waals surface area contributed by atoms with Crippen molar-refractivity contribution in [3.63, 3.8) is 0 Å². The second-order valence-electron chi connectivity index (χ2n) is 4.18. The van der Waals surface area contributed by atoms with Crippen LogP contribution in [0.15, 0.2) is 40.8 Å². The molecule has 0 saturated heterocycles. The van der Waals surface area contributed by atoms with E-state index in [-0.39, 0.29) is 13.1 Å². The second-order valence-corrected chi connectivity index (χ2v) is 4.61. The van der Waals surface area contributed by atoms with Gasteiger partial charge in [-0.2, -0.15) is 0 Å². The lowest BCUT2D eigenvalue weighted by Gasteiger charge is -2.13. The Labute approximate surface area is 125 Å². The minimum atomic E-state index is -1.14. The maximum absolute atomic E-state index is 11.0. The Bertz CT molecular complexity index is 624. The quantitative estimate of drug-likeness (QED) is 0.804. The zero-order chi connectivity index (χ0) is 15.2. The van der Waals surface area contributed by atoms with Crippen LogP contribution in [0.5, 0.6) is 0 Å². The Morgan fingerprint density at radius 3 is 2.62 bits per heavy atom. The van der Waals surface area contributed by atoms with E-state index in [0.29, 0.717) is 23.1 Å². The van der Waals surface area contributed by atoms with Gasteiger partial charge in [0.1, 0.15) is 5.76 Å². The topological polar surface area (TPSA) is 82.8 Å². The SMILES string of the molecule is O=CN(CCNC(=O)O)c1ccc(-c2ccc(Cl)cc2)o1. The van der Waals surface area contributed by atoms with Gasteiger partial charge in [0.2, 0.25) is 12.3 Å². The van der Waals surface area contributed by atoms with Crippen LogP contribution in [0.4, 0.5) is 10.7 Å². The van der Waals surface area contributed by atoms with Gasteiger partial charge in [-0.25, -0.2) is 4.79 Å². The summed E-state index contributed by atoms with van der Waals surface area (Å²) >= 11 is 5.82. The van der Waals surface area contributed by atoms with Crippen LogP contribution in [0.25, 0.3) is 11.3 Å². The molecule has 21 heavy (non-hydrogen) atoms. The molecule has 1 heterocycles. The van der Waals surface area contributed by atoms with Crippen molar-refractivity contribution in [3.05, 3.63) is 41.4 Å². The van der Waals surface area contributed by atoms with Crippen molar-refractivity contribution in [3.8, 4) is 11.3 Å². The number of benzene rings is 1. The van der Waals surface area contributed by atoms with Crippen molar-refractivity contribution in [2.24, 2.45) is 0 Å². The molecule has 2 amide bonds. The van der Waals surface area contributed by atoms with E-state index in [0.717, 1.165) is 5.56 Å². The molecule has 1 aromatic carbocycles. The highest BCUT2D eigenvalue weighted by molar-refractivity contribution is 6.30. The monoisotopic (exact) mass is 308 g/mol. The van der Waals surface area contributed by atoms with Crippen molar-refractivity contribution in [2.45, 2.75) is 0 Å². The summed E-state index contributed by atoms with van der Waals surface area (Å²) < 4.78 is 5.60. The lowest BCUT2D eigenvalue weighted by Crippen LogP contribution is -2.33. The van der Waals surface area contributed by atoms with Crippen molar-refractivity contribution >= 4 is 30.0 Å². The largest absolute Gasteiger partial charge is 0.465 e. The number of rotatable bonds is 6. The average molecular weight is 309 g/mol. The van der Waals surface area contributed by atoms with E-state index in [1.54, 1.807) is 24.3 Å². The minimum Gasteiger partial charge on any atom is -0.465 e. The smallest absolute Gasteiger partial charge is 0.404 e. The van der Waals surface area contributed by atoms with E-state index in [4.69, 9.17) is 21.1 Å². The number of nitrogens with one attached hydrogen (secondary N) is 1. The molecule has 7 heteroatoms.